The summed E-state index contributed by atoms with van der Waals surface area (Å²) in [7, 11) is 0. The molecule has 0 aliphatic heterocycles. The second-order valence-corrected chi connectivity index (χ2v) is 11.1. The lowest BCUT2D eigenvalue weighted by molar-refractivity contribution is 0.222. The molecule has 2 saturated carbocycles. The number of benzene rings is 2. The van der Waals surface area contributed by atoms with Crippen molar-refractivity contribution in [1.29, 1.82) is 0 Å². The summed E-state index contributed by atoms with van der Waals surface area (Å²) < 4.78 is 29.8. The highest BCUT2D eigenvalue weighted by molar-refractivity contribution is 6.30. The molecule has 2 aliphatic rings. The highest BCUT2D eigenvalue weighted by Crippen LogP contribution is 2.41. The van der Waals surface area contributed by atoms with Gasteiger partial charge in [0, 0.05) is 5.02 Å². The van der Waals surface area contributed by atoms with Crippen molar-refractivity contribution in [2.75, 3.05) is 0 Å². The summed E-state index contributed by atoms with van der Waals surface area (Å²) in [6, 6.07) is 9.81. The normalized spacial score (nSPS) is 25.8. The van der Waals surface area contributed by atoms with E-state index in [9.17, 15) is 8.78 Å². The van der Waals surface area contributed by atoms with Gasteiger partial charge in [-0.1, -0.05) is 88.4 Å². The van der Waals surface area contributed by atoms with Gasteiger partial charge in [-0.2, -0.15) is 0 Å². The average Bonchev–Trinajstić information content (AvgIpc) is 2.83. The summed E-state index contributed by atoms with van der Waals surface area (Å²) in [5.74, 6) is 2.06. The van der Waals surface area contributed by atoms with Crippen LogP contribution in [0.15, 0.2) is 36.4 Å². The van der Waals surface area contributed by atoms with Gasteiger partial charge in [0.2, 0.25) is 0 Å². The fourth-order valence-corrected chi connectivity index (χ4v) is 6.40. The fourth-order valence-electron chi connectivity index (χ4n) is 6.28. The molecule has 0 spiro atoms. The van der Waals surface area contributed by atoms with Crippen LogP contribution < -0.4 is 0 Å². The standard InChI is InChI=1S/C30H39ClF2/c1-2-3-4-21-5-7-22(8-6-21)9-10-23-11-13-24(14-12-23)26-19-28(32)30(29(33)20-26)25-15-17-27(31)18-16-25/h15-24H,2-14H2,1H3. The Kier molecular flexibility index (Phi) is 8.85. The van der Waals surface area contributed by atoms with E-state index >= 15 is 0 Å². The van der Waals surface area contributed by atoms with Crippen LogP contribution in [0, 0.1) is 29.4 Å². The van der Waals surface area contributed by atoms with E-state index in [0.29, 0.717) is 10.6 Å². The van der Waals surface area contributed by atoms with Gasteiger partial charge in [-0.3, -0.25) is 0 Å². The van der Waals surface area contributed by atoms with Crippen molar-refractivity contribution >= 4 is 11.6 Å². The SMILES string of the molecule is CCCCC1CCC(CCC2CCC(c3cc(F)c(-c4ccc(Cl)cc4)c(F)c3)CC2)CC1. The van der Waals surface area contributed by atoms with Gasteiger partial charge in [-0.15, -0.1) is 0 Å². The third kappa shape index (κ3) is 6.59. The van der Waals surface area contributed by atoms with Crippen LogP contribution in [0.2, 0.25) is 5.02 Å². The maximum atomic E-state index is 14.9. The highest BCUT2D eigenvalue weighted by Gasteiger charge is 2.26. The van der Waals surface area contributed by atoms with Gasteiger partial charge < -0.3 is 0 Å². The van der Waals surface area contributed by atoms with E-state index in [2.05, 4.69) is 6.92 Å². The molecule has 0 radical (unpaired) electrons. The third-order valence-corrected chi connectivity index (χ3v) is 8.68. The summed E-state index contributed by atoms with van der Waals surface area (Å²) in [5, 5.41) is 0.563. The lowest BCUT2D eigenvalue weighted by Crippen LogP contribution is -2.18. The first-order valence-corrected chi connectivity index (χ1v) is 13.7. The molecule has 0 heterocycles. The lowest BCUT2D eigenvalue weighted by Gasteiger charge is -2.32. The molecule has 2 aromatic rings. The molecule has 0 bridgehead atoms. The van der Waals surface area contributed by atoms with Crippen LogP contribution in [0.1, 0.15) is 102 Å². The predicted molar refractivity (Wildman–Crippen MR) is 136 cm³/mol. The molecular formula is C30H39ClF2. The molecule has 0 saturated heterocycles. The molecule has 0 unspecified atom stereocenters. The van der Waals surface area contributed by atoms with Gasteiger partial charge in [0.25, 0.3) is 0 Å². The van der Waals surface area contributed by atoms with Gasteiger partial charge >= 0.3 is 0 Å². The average molecular weight is 473 g/mol. The molecule has 0 nitrogen and oxygen atoms in total. The quantitative estimate of drug-likeness (QED) is 0.358. The summed E-state index contributed by atoms with van der Waals surface area (Å²) in [6.07, 6.45) is 17.1. The van der Waals surface area contributed by atoms with Crippen molar-refractivity contribution < 1.29 is 8.78 Å². The molecule has 2 aliphatic carbocycles. The summed E-state index contributed by atoms with van der Waals surface area (Å²) in [4.78, 5) is 0. The fraction of sp³-hybridized carbons (Fsp3) is 0.600. The zero-order valence-electron chi connectivity index (χ0n) is 20.1. The number of hydrogen-bond donors (Lipinski definition) is 0. The Labute approximate surface area is 204 Å². The molecule has 0 amide bonds. The second kappa shape index (κ2) is 11.8. The van der Waals surface area contributed by atoms with Crippen molar-refractivity contribution in [1.82, 2.24) is 0 Å². The first kappa shape index (κ1) is 24.7. The van der Waals surface area contributed by atoms with Crippen molar-refractivity contribution in [2.24, 2.45) is 17.8 Å². The van der Waals surface area contributed by atoms with Gasteiger partial charge in [0.15, 0.2) is 0 Å². The van der Waals surface area contributed by atoms with Gasteiger partial charge in [0.1, 0.15) is 11.6 Å². The van der Waals surface area contributed by atoms with Crippen LogP contribution in [0.4, 0.5) is 8.78 Å². The number of unbranched alkanes of at least 4 members (excludes halogenated alkanes) is 1. The Balaban J connectivity index is 1.26. The molecule has 2 fully saturated rings. The van der Waals surface area contributed by atoms with Crippen molar-refractivity contribution in [3.63, 3.8) is 0 Å². The zero-order valence-corrected chi connectivity index (χ0v) is 20.9. The molecule has 0 aromatic heterocycles. The Morgan fingerprint density at radius 1 is 0.727 bits per heavy atom. The van der Waals surface area contributed by atoms with E-state index in [-0.39, 0.29) is 11.5 Å². The molecule has 180 valence electrons. The third-order valence-electron chi connectivity index (χ3n) is 8.43. The van der Waals surface area contributed by atoms with Crippen LogP contribution in [-0.4, -0.2) is 0 Å². The number of halogens is 3. The monoisotopic (exact) mass is 472 g/mol. The Morgan fingerprint density at radius 2 is 1.21 bits per heavy atom. The van der Waals surface area contributed by atoms with Gasteiger partial charge in [-0.05, 0) is 84.7 Å². The maximum absolute atomic E-state index is 14.9. The lowest BCUT2D eigenvalue weighted by atomic mass is 9.74. The van der Waals surface area contributed by atoms with Gasteiger partial charge in [0.05, 0.1) is 5.56 Å². The maximum Gasteiger partial charge on any atom is 0.134 e. The van der Waals surface area contributed by atoms with Crippen LogP contribution in [0.5, 0.6) is 0 Å². The number of hydrogen-bond acceptors (Lipinski definition) is 0. The molecule has 3 heteroatoms. The van der Waals surface area contributed by atoms with Crippen LogP contribution in [0.3, 0.4) is 0 Å². The first-order chi connectivity index (χ1) is 16.0. The molecule has 33 heavy (non-hydrogen) atoms. The van der Waals surface area contributed by atoms with E-state index in [4.69, 9.17) is 11.6 Å². The van der Waals surface area contributed by atoms with Crippen LogP contribution in [-0.2, 0) is 0 Å². The minimum atomic E-state index is -0.469. The molecule has 0 atom stereocenters. The highest BCUT2D eigenvalue weighted by atomic mass is 35.5. The first-order valence-electron chi connectivity index (χ1n) is 13.3. The predicted octanol–water partition coefficient (Wildman–Crippen LogP) is 10.3. The zero-order chi connectivity index (χ0) is 23.2. The van der Waals surface area contributed by atoms with E-state index in [1.54, 1.807) is 36.4 Å². The Hall–Kier alpha value is -1.41. The molecular weight excluding hydrogens is 434 g/mol. The summed E-state index contributed by atoms with van der Waals surface area (Å²) in [6.45, 7) is 2.30. The van der Waals surface area contributed by atoms with E-state index in [0.717, 1.165) is 36.2 Å². The van der Waals surface area contributed by atoms with Crippen molar-refractivity contribution in [3.8, 4) is 11.1 Å². The molecule has 0 N–H and O–H groups in total. The molecule has 2 aromatic carbocycles. The van der Waals surface area contributed by atoms with E-state index in [1.807, 2.05) is 0 Å². The van der Waals surface area contributed by atoms with Crippen molar-refractivity contribution in [3.05, 3.63) is 58.6 Å². The minimum Gasteiger partial charge on any atom is -0.206 e. The van der Waals surface area contributed by atoms with Crippen LogP contribution >= 0.6 is 11.6 Å². The smallest absolute Gasteiger partial charge is 0.134 e. The van der Waals surface area contributed by atoms with Gasteiger partial charge in [-0.25, -0.2) is 8.78 Å². The van der Waals surface area contributed by atoms with E-state index in [1.165, 1.54) is 70.6 Å². The van der Waals surface area contributed by atoms with Crippen LogP contribution in [0.25, 0.3) is 11.1 Å². The Morgan fingerprint density at radius 3 is 1.73 bits per heavy atom. The number of rotatable bonds is 8. The topological polar surface area (TPSA) is 0 Å². The largest absolute Gasteiger partial charge is 0.206 e. The molecule has 4 rings (SSSR count). The summed E-state index contributed by atoms with van der Waals surface area (Å²) >= 11 is 5.92. The van der Waals surface area contributed by atoms with Crippen molar-refractivity contribution in [2.45, 2.75) is 96.3 Å². The Bertz CT molecular complexity index is 852. The summed E-state index contributed by atoms with van der Waals surface area (Å²) in [5.41, 5.74) is 1.41. The minimum absolute atomic E-state index is 0.0496. The van der Waals surface area contributed by atoms with E-state index < -0.39 is 11.6 Å². The second-order valence-electron chi connectivity index (χ2n) is 10.7.